The number of hydrogen-bond acceptors (Lipinski definition) is 0. The largest absolute Gasteiger partial charge is 0.220 e. The molecular formula is C16H14N+. The molecule has 0 aliphatic heterocycles. The lowest BCUT2D eigenvalue weighted by Crippen LogP contribution is -2.30. The Morgan fingerprint density at radius 2 is 1.47 bits per heavy atom. The molecule has 0 aliphatic rings. The molecule has 0 saturated heterocycles. The summed E-state index contributed by atoms with van der Waals surface area (Å²) in [5, 5.41) is 2.58. The van der Waals surface area contributed by atoms with Crippen LogP contribution in [0, 0.1) is 0 Å². The van der Waals surface area contributed by atoms with Crippen LogP contribution in [0.1, 0.15) is 0 Å². The van der Waals surface area contributed by atoms with Gasteiger partial charge in [0.1, 0.15) is 7.05 Å². The van der Waals surface area contributed by atoms with Crippen LogP contribution >= 0.6 is 0 Å². The van der Waals surface area contributed by atoms with E-state index in [-0.39, 0.29) is 0 Å². The van der Waals surface area contributed by atoms with Gasteiger partial charge in [0.15, 0.2) is 6.20 Å². The quantitative estimate of drug-likeness (QED) is 0.554. The summed E-state index contributed by atoms with van der Waals surface area (Å²) in [6, 6.07) is 21.2. The van der Waals surface area contributed by atoms with E-state index in [1.807, 2.05) is 0 Å². The fraction of sp³-hybridized carbons (Fsp3) is 0.0625. The van der Waals surface area contributed by atoms with Gasteiger partial charge < -0.3 is 0 Å². The molecule has 82 valence electrons. The lowest BCUT2D eigenvalue weighted by atomic mass is 10.0. The van der Waals surface area contributed by atoms with E-state index in [0.717, 1.165) is 0 Å². The normalized spacial score (nSPS) is 10.6. The lowest BCUT2D eigenvalue weighted by Gasteiger charge is -2.04. The molecular weight excluding hydrogens is 206 g/mol. The van der Waals surface area contributed by atoms with Gasteiger partial charge in [-0.2, -0.15) is 0 Å². The average molecular weight is 220 g/mol. The van der Waals surface area contributed by atoms with Crippen LogP contribution in [0.15, 0.2) is 66.9 Å². The highest BCUT2D eigenvalue weighted by atomic mass is 14.9. The van der Waals surface area contributed by atoms with Crippen molar-refractivity contribution in [1.29, 1.82) is 0 Å². The molecule has 1 aromatic heterocycles. The fourth-order valence-corrected chi connectivity index (χ4v) is 2.27. The topological polar surface area (TPSA) is 3.88 Å². The van der Waals surface area contributed by atoms with Gasteiger partial charge in [0.25, 0.3) is 0 Å². The van der Waals surface area contributed by atoms with E-state index >= 15 is 0 Å². The van der Waals surface area contributed by atoms with Crippen LogP contribution < -0.4 is 4.57 Å². The second-order valence-electron chi connectivity index (χ2n) is 4.23. The maximum absolute atomic E-state index is 2.18. The van der Waals surface area contributed by atoms with Crippen LogP contribution in [-0.4, -0.2) is 0 Å². The Labute approximate surface area is 101 Å². The second kappa shape index (κ2) is 4.02. The molecule has 0 saturated carbocycles. The van der Waals surface area contributed by atoms with Crippen molar-refractivity contribution >= 4 is 10.8 Å². The summed E-state index contributed by atoms with van der Waals surface area (Å²) < 4.78 is 2.18. The monoisotopic (exact) mass is 220 g/mol. The highest BCUT2D eigenvalue weighted by molar-refractivity contribution is 5.92. The smallest absolute Gasteiger partial charge is 0.200 e. The zero-order valence-corrected chi connectivity index (χ0v) is 9.80. The van der Waals surface area contributed by atoms with E-state index < -0.39 is 0 Å². The van der Waals surface area contributed by atoms with Crippen LogP contribution in [0.4, 0.5) is 0 Å². The minimum absolute atomic E-state index is 1.26. The number of aromatic nitrogens is 1. The Hall–Kier alpha value is -2.15. The van der Waals surface area contributed by atoms with Gasteiger partial charge in [-0.05, 0) is 23.6 Å². The summed E-state index contributed by atoms with van der Waals surface area (Å²) in [5.74, 6) is 0. The average Bonchev–Trinajstić information content (AvgIpc) is 2.39. The van der Waals surface area contributed by atoms with Crippen LogP contribution in [-0.2, 0) is 7.05 Å². The van der Waals surface area contributed by atoms with Crippen LogP contribution in [0.3, 0.4) is 0 Å². The first-order chi connectivity index (χ1) is 8.36. The zero-order valence-electron chi connectivity index (χ0n) is 9.80. The van der Waals surface area contributed by atoms with E-state index in [1.54, 1.807) is 0 Å². The maximum Gasteiger partial charge on any atom is 0.220 e. The number of nitrogens with zero attached hydrogens (tertiary/aromatic N) is 1. The molecule has 1 heterocycles. The molecule has 0 radical (unpaired) electrons. The molecule has 3 rings (SSSR count). The Bertz CT molecular complexity index is 657. The predicted octanol–water partition coefficient (Wildman–Crippen LogP) is 3.33. The summed E-state index contributed by atoms with van der Waals surface area (Å²) in [6.07, 6.45) is 2.12. The number of aryl methyl sites for hydroxylation is 1. The van der Waals surface area contributed by atoms with Gasteiger partial charge in [-0.15, -0.1) is 0 Å². The zero-order chi connectivity index (χ0) is 11.7. The molecule has 2 aromatic carbocycles. The molecule has 1 heteroatoms. The third kappa shape index (κ3) is 1.70. The van der Waals surface area contributed by atoms with Gasteiger partial charge in [-0.1, -0.05) is 36.4 Å². The third-order valence-electron chi connectivity index (χ3n) is 3.09. The van der Waals surface area contributed by atoms with E-state index in [0.29, 0.717) is 0 Å². The minimum atomic E-state index is 1.26. The molecule has 0 N–H and O–H groups in total. The van der Waals surface area contributed by atoms with E-state index in [4.69, 9.17) is 0 Å². The number of pyridine rings is 1. The Balaban J connectivity index is 2.39. The van der Waals surface area contributed by atoms with Crippen molar-refractivity contribution in [2.75, 3.05) is 0 Å². The first kappa shape index (κ1) is 10.0. The molecule has 3 aromatic rings. The molecule has 17 heavy (non-hydrogen) atoms. The van der Waals surface area contributed by atoms with Crippen molar-refractivity contribution in [1.82, 2.24) is 0 Å². The number of fused-ring (bicyclic) bond motifs is 1. The fourth-order valence-electron chi connectivity index (χ4n) is 2.27. The Morgan fingerprint density at radius 3 is 2.29 bits per heavy atom. The van der Waals surface area contributed by atoms with E-state index in [9.17, 15) is 0 Å². The molecule has 0 amide bonds. The van der Waals surface area contributed by atoms with Gasteiger partial charge in [0.05, 0.1) is 5.39 Å². The van der Waals surface area contributed by atoms with Crippen molar-refractivity contribution in [3.8, 4) is 11.3 Å². The van der Waals surface area contributed by atoms with Crippen molar-refractivity contribution in [2.24, 2.45) is 7.05 Å². The number of rotatable bonds is 1. The summed E-state index contributed by atoms with van der Waals surface area (Å²) in [4.78, 5) is 0. The first-order valence-electron chi connectivity index (χ1n) is 5.79. The summed E-state index contributed by atoms with van der Waals surface area (Å²) in [6.45, 7) is 0. The number of hydrogen-bond donors (Lipinski definition) is 0. The van der Waals surface area contributed by atoms with Crippen molar-refractivity contribution in [2.45, 2.75) is 0 Å². The predicted molar refractivity (Wildman–Crippen MR) is 70.6 cm³/mol. The molecule has 0 spiro atoms. The molecule has 1 nitrogen and oxygen atoms in total. The number of benzene rings is 2. The van der Waals surface area contributed by atoms with Gasteiger partial charge in [-0.3, -0.25) is 0 Å². The Kier molecular flexibility index (Phi) is 2.37. The standard InChI is InChI=1S/C16H14N/c1-17-12-11-13-7-5-6-10-15(13)16(17)14-8-3-2-4-9-14/h2-12H,1H3/q+1. The second-order valence-corrected chi connectivity index (χ2v) is 4.23. The van der Waals surface area contributed by atoms with Crippen LogP contribution in [0.25, 0.3) is 22.0 Å². The summed E-state index contributed by atoms with van der Waals surface area (Å²) in [5.41, 5.74) is 2.52. The van der Waals surface area contributed by atoms with E-state index in [2.05, 4.69) is 78.5 Å². The highest BCUT2D eigenvalue weighted by Crippen LogP contribution is 2.24. The summed E-state index contributed by atoms with van der Waals surface area (Å²) in [7, 11) is 2.09. The van der Waals surface area contributed by atoms with Gasteiger partial charge in [-0.25, -0.2) is 4.57 Å². The summed E-state index contributed by atoms with van der Waals surface area (Å²) >= 11 is 0. The minimum Gasteiger partial charge on any atom is -0.200 e. The van der Waals surface area contributed by atoms with Gasteiger partial charge in [0, 0.05) is 11.6 Å². The van der Waals surface area contributed by atoms with Gasteiger partial charge >= 0.3 is 0 Å². The molecule has 0 unspecified atom stereocenters. The van der Waals surface area contributed by atoms with Crippen molar-refractivity contribution in [3.05, 3.63) is 66.9 Å². The lowest BCUT2D eigenvalue weighted by molar-refractivity contribution is -0.659. The van der Waals surface area contributed by atoms with Crippen molar-refractivity contribution < 1.29 is 4.57 Å². The maximum atomic E-state index is 2.18. The van der Waals surface area contributed by atoms with E-state index in [1.165, 1.54) is 22.0 Å². The molecule has 0 bridgehead atoms. The van der Waals surface area contributed by atoms with Crippen LogP contribution in [0.5, 0.6) is 0 Å². The molecule has 0 fully saturated rings. The Morgan fingerprint density at radius 1 is 0.765 bits per heavy atom. The third-order valence-corrected chi connectivity index (χ3v) is 3.09. The highest BCUT2D eigenvalue weighted by Gasteiger charge is 2.13. The SMILES string of the molecule is C[n+]1ccc2ccccc2c1-c1ccccc1. The molecule has 0 aliphatic carbocycles. The van der Waals surface area contributed by atoms with Gasteiger partial charge in [0.2, 0.25) is 5.69 Å². The van der Waals surface area contributed by atoms with Crippen molar-refractivity contribution in [3.63, 3.8) is 0 Å². The first-order valence-corrected chi connectivity index (χ1v) is 5.79. The molecule has 0 atom stereocenters. The van der Waals surface area contributed by atoms with Crippen LogP contribution in [0.2, 0.25) is 0 Å².